The van der Waals surface area contributed by atoms with Crippen molar-refractivity contribution in [1.82, 2.24) is 10.3 Å². The fourth-order valence-electron chi connectivity index (χ4n) is 2.04. The van der Waals surface area contributed by atoms with Crippen LogP contribution in [0.5, 0.6) is 5.75 Å². The summed E-state index contributed by atoms with van der Waals surface area (Å²) in [6, 6.07) is 7.97. The number of pyridine rings is 1. The summed E-state index contributed by atoms with van der Waals surface area (Å²) in [6.07, 6.45) is 2.24. The fraction of sp³-hybridized carbons (Fsp3) is 0.278. The number of benzene rings is 1. The topological polar surface area (TPSA) is 80.3 Å². The van der Waals surface area contributed by atoms with Gasteiger partial charge in [-0.2, -0.15) is 0 Å². The standard InChI is InChI=1S/C18H20ClN3O3/c1-4-11(2)21-18(24)15-9-12(7-8-20-15)17(23)22-13-5-6-16(25-3)14(19)10-13/h5-11H,4H2,1-3H3,(H,21,24)(H,22,23). The molecule has 7 heteroatoms. The Bertz CT molecular complexity index is 780. The van der Waals surface area contributed by atoms with Crippen LogP contribution >= 0.6 is 11.6 Å². The van der Waals surface area contributed by atoms with Gasteiger partial charge in [0.2, 0.25) is 0 Å². The van der Waals surface area contributed by atoms with Gasteiger partial charge in [-0.25, -0.2) is 0 Å². The zero-order chi connectivity index (χ0) is 18.4. The summed E-state index contributed by atoms with van der Waals surface area (Å²) >= 11 is 6.05. The Hall–Kier alpha value is -2.60. The smallest absolute Gasteiger partial charge is 0.270 e. The van der Waals surface area contributed by atoms with E-state index in [1.807, 2.05) is 13.8 Å². The van der Waals surface area contributed by atoms with Crippen LogP contribution in [0.2, 0.25) is 5.02 Å². The Morgan fingerprint density at radius 3 is 2.64 bits per heavy atom. The van der Waals surface area contributed by atoms with E-state index in [0.29, 0.717) is 22.0 Å². The van der Waals surface area contributed by atoms with Gasteiger partial charge in [-0.3, -0.25) is 14.6 Å². The molecule has 0 aliphatic heterocycles. The number of rotatable bonds is 6. The third kappa shape index (κ3) is 4.93. The third-order valence-electron chi connectivity index (χ3n) is 3.65. The van der Waals surface area contributed by atoms with E-state index in [1.54, 1.807) is 24.3 Å². The van der Waals surface area contributed by atoms with E-state index in [1.165, 1.54) is 19.4 Å². The van der Waals surface area contributed by atoms with Gasteiger partial charge >= 0.3 is 0 Å². The van der Waals surface area contributed by atoms with Crippen molar-refractivity contribution in [2.45, 2.75) is 26.3 Å². The molecule has 0 aliphatic rings. The summed E-state index contributed by atoms with van der Waals surface area (Å²) in [7, 11) is 1.52. The molecule has 1 atom stereocenters. The number of nitrogens with one attached hydrogen (secondary N) is 2. The predicted octanol–water partition coefficient (Wildman–Crippen LogP) is 3.52. The van der Waals surface area contributed by atoms with Gasteiger partial charge in [-0.15, -0.1) is 0 Å². The van der Waals surface area contributed by atoms with Crippen LogP contribution < -0.4 is 15.4 Å². The molecule has 132 valence electrons. The number of aromatic nitrogens is 1. The molecule has 25 heavy (non-hydrogen) atoms. The minimum Gasteiger partial charge on any atom is -0.495 e. The first-order valence-corrected chi connectivity index (χ1v) is 8.24. The number of anilines is 1. The summed E-state index contributed by atoms with van der Waals surface area (Å²) in [5.74, 6) is -0.148. The molecular formula is C18H20ClN3O3. The molecule has 1 aromatic heterocycles. The van der Waals surface area contributed by atoms with Crippen molar-refractivity contribution in [3.63, 3.8) is 0 Å². The number of halogens is 1. The number of methoxy groups -OCH3 is 1. The van der Waals surface area contributed by atoms with Crippen molar-refractivity contribution in [3.8, 4) is 5.75 Å². The quantitative estimate of drug-likeness (QED) is 0.824. The van der Waals surface area contributed by atoms with Crippen LogP contribution in [0.4, 0.5) is 5.69 Å². The summed E-state index contributed by atoms with van der Waals surface area (Å²) in [5, 5.41) is 5.94. The molecule has 0 bridgehead atoms. The Balaban J connectivity index is 2.13. The van der Waals surface area contributed by atoms with E-state index >= 15 is 0 Å². The molecule has 2 aromatic rings. The van der Waals surface area contributed by atoms with Crippen molar-refractivity contribution in [2.75, 3.05) is 12.4 Å². The largest absolute Gasteiger partial charge is 0.495 e. The highest BCUT2D eigenvalue weighted by atomic mass is 35.5. The molecule has 2 amide bonds. The Morgan fingerprint density at radius 2 is 2.00 bits per heavy atom. The first-order valence-electron chi connectivity index (χ1n) is 7.86. The second kappa shape index (κ2) is 8.48. The van der Waals surface area contributed by atoms with Gasteiger partial charge in [0, 0.05) is 23.5 Å². The monoisotopic (exact) mass is 361 g/mol. The predicted molar refractivity (Wildman–Crippen MR) is 97.4 cm³/mol. The van der Waals surface area contributed by atoms with Crippen LogP contribution in [0.25, 0.3) is 0 Å². The normalized spacial score (nSPS) is 11.5. The zero-order valence-electron chi connectivity index (χ0n) is 14.3. The highest BCUT2D eigenvalue weighted by molar-refractivity contribution is 6.32. The molecule has 0 saturated carbocycles. The molecule has 2 N–H and O–H groups in total. The van der Waals surface area contributed by atoms with Crippen molar-refractivity contribution in [1.29, 1.82) is 0 Å². The first kappa shape index (κ1) is 18.7. The molecule has 0 saturated heterocycles. The maximum absolute atomic E-state index is 12.4. The number of hydrogen-bond acceptors (Lipinski definition) is 4. The number of hydrogen-bond donors (Lipinski definition) is 2. The van der Waals surface area contributed by atoms with Crippen LogP contribution in [0.15, 0.2) is 36.5 Å². The van der Waals surface area contributed by atoms with E-state index in [-0.39, 0.29) is 23.6 Å². The summed E-state index contributed by atoms with van der Waals surface area (Å²) < 4.78 is 5.08. The fourth-order valence-corrected chi connectivity index (χ4v) is 2.30. The van der Waals surface area contributed by atoms with E-state index < -0.39 is 0 Å². The molecule has 1 aromatic carbocycles. The van der Waals surface area contributed by atoms with Crippen molar-refractivity contribution >= 4 is 29.1 Å². The minimum absolute atomic E-state index is 0.0354. The second-order valence-electron chi connectivity index (χ2n) is 5.52. The lowest BCUT2D eigenvalue weighted by molar-refractivity contribution is 0.0934. The molecule has 0 spiro atoms. The summed E-state index contributed by atoms with van der Waals surface area (Å²) in [4.78, 5) is 28.5. The van der Waals surface area contributed by atoms with Crippen LogP contribution in [-0.2, 0) is 0 Å². The number of amides is 2. The van der Waals surface area contributed by atoms with E-state index in [9.17, 15) is 9.59 Å². The van der Waals surface area contributed by atoms with Crippen LogP contribution in [0, 0.1) is 0 Å². The highest BCUT2D eigenvalue weighted by Crippen LogP contribution is 2.27. The van der Waals surface area contributed by atoms with Gasteiger partial charge in [0.15, 0.2) is 0 Å². The molecule has 1 unspecified atom stereocenters. The number of ether oxygens (including phenoxy) is 1. The molecule has 6 nitrogen and oxygen atoms in total. The van der Waals surface area contributed by atoms with Crippen LogP contribution in [0.3, 0.4) is 0 Å². The van der Waals surface area contributed by atoms with Crippen molar-refractivity contribution in [2.24, 2.45) is 0 Å². The van der Waals surface area contributed by atoms with Gasteiger partial charge in [0.25, 0.3) is 11.8 Å². The summed E-state index contributed by atoms with van der Waals surface area (Å²) in [6.45, 7) is 3.88. The average molecular weight is 362 g/mol. The lowest BCUT2D eigenvalue weighted by Crippen LogP contribution is -2.32. The average Bonchev–Trinajstić information content (AvgIpc) is 2.61. The van der Waals surface area contributed by atoms with E-state index in [0.717, 1.165) is 6.42 Å². The molecule has 0 radical (unpaired) electrons. The first-order chi connectivity index (χ1) is 11.9. The molecule has 0 aliphatic carbocycles. The van der Waals surface area contributed by atoms with Crippen LogP contribution in [-0.4, -0.2) is 29.9 Å². The van der Waals surface area contributed by atoms with Gasteiger partial charge in [0.1, 0.15) is 11.4 Å². The van der Waals surface area contributed by atoms with Gasteiger partial charge in [0.05, 0.1) is 12.1 Å². The Labute approximate surface area is 151 Å². The highest BCUT2D eigenvalue weighted by Gasteiger charge is 2.14. The molecular weight excluding hydrogens is 342 g/mol. The number of carbonyl (C=O) groups is 2. The van der Waals surface area contributed by atoms with Crippen molar-refractivity contribution < 1.29 is 14.3 Å². The maximum atomic E-state index is 12.4. The zero-order valence-corrected chi connectivity index (χ0v) is 15.1. The maximum Gasteiger partial charge on any atom is 0.270 e. The van der Waals surface area contributed by atoms with Gasteiger partial charge in [-0.05, 0) is 43.7 Å². The second-order valence-corrected chi connectivity index (χ2v) is 5.92. The van der Waals surface area contributed by atoms with E-state index in [4.69, 9.17) is 16.3 Å². The third-order valence-corrected chi connectivity index (χ3v) is 3.95. The van der Waals surface area contributed by atoms with E-state index in [2.05, 4.69) is 15.6 Å². The Morgan fingerprint density at radius 1 is 1.24 bits per heavy atom. The Kier molecular flexibility index (Phi) is 6.36. The van der Waals surface area contributed by atoms with Gasteiger partial charge in [-0.1, -0.05) is 18.5 Å². The SMILES string of the molecule is CCC(C)NC(=O)c1cc(C(=O)Nc2ccc(OC)c(Cl)c2)ccn1. The number of nitrogens with zero attached hydrogens (tertiary/aromatic N) is 1. The lowest BCUT2D eigenvalue weighted by atomic mass is 10.2. The van der Waals surface area contributed by atoms with Crippen molar-refractivity contribution in [3.05, 3.63) is 52.8 Å². The van der Waals surface area contributed by atoms with Gasteiger partial charge < -0.3 is 15.4 Å². The summed E-state index contributed by atoms with van der Waals surface area (Å²) in [5.41, 5.74) is 1.05. The molecule has 0 fully saturated rings. The minimum atomic E-state index is -0.360. The molecule has 2 rings (SSSR count). The number of carbonyl (C=O) groups excluding carboxylic acids is 2. The van der Waals surface area contributed by atoms with Crippen LogP contribution in [0.1, 0.15) is 41.1 Å². The molecule has 1 heterocycles. The lowest BCUT2D eigenvalue weighted by Gasteiger charge is -2.11.